The summed E-state index contributed by atoms with van der Waals surface area (Å²) in [6.45, 7) is 3.16. The molecule has 192 valence electrons. The van der Waals surface area contributed by atoms with Crippen molar-refractivity contribution in [3.63, 3.8) is 0 Å². The SMILES string of the molecule is Cc1ccc(S(=O)(=O)N(C)C)cc1NC(=O)COc1ccc(S(=O)(=O)NC(C)c2ccccc2)cc1. The van der Waals surface area contributed by atoms with Gasteiger partial charge in [-0.25, -0.2) is 25.9 Å². The maximum absolute atomic E-state index is 12.7. The number of amides is 1. The second-order valence-electron chi connectivity index (χ2n) is 8.33. The lowest BCUT2D eigenvalue weighted by Gasteiger charge is -2.15. The van der Waals surface area contributed by atoms with Crippen molar-refractivity contribution in [1.82, 2.24) is 9.03 Å². The van der Waals surface area contributed by atoms with Crippen LogP contribution in [-0.4, -0.2) is 47.8 Å². The molecule has 0 aliphatic rings. The van der Waals surface area contributed by atoms with Crippen molar-refractivity contribution in [3.8, 4) is 5.75 Å². The van der Waals surface area contributed by atoms with Crippen molar-refractivity contribution in [1.29, 1.82) is 0 Å². The van der Waals surface area contributed by atoms with Gasteiger partial charge in [-0.15, -0.1) is 0 Å². The predicted octanol–water partition coefficient (Wildman–Crippen LogP) is 3.30. The summed E-state index contributed by atoms with van der Waals surface area (Å²) in [4.78, 5) is 12.5. The van der Waals surface area contributed by atoms with Gasteiger partial charge in [0.1, 0.15) is 5.75 Å². The normalized spacial score (nSPS) is 12.8. The summed E-state index contributed by atoms with van der Waals surface area (Å²) in [5.41, 5.74) is 1.88. The maximum Gasteiger partial charge on any atom is 0.262 e. The molecule has 0 spiro atoms. The fourth-order valence-electron chi connectivity index (χ4n) is 3.27. The van der Waals surface area contributed by atoms with E-state index < -0.39 is 32.0 Å². The van der Waals surface area contributed by atoms with E-state index in [1.165, 1.54) is 50.5 Å². The molecule has 0 heterocycles. The fourth-order valence-corrected chi connectivity index (χ4v) is 5.43. The third-order valence-electron chi connectivity index (χ3n) is 5.40. The molecule has 36 heavy (non-hydrogen) atoms. The van der Waals surface area contributed by atoms with Gasteiger partial charge in [0.25, 0.3) is 5.91 Å². The number of carbonyl (C=O) groups excluding carboxylic acids is 1. The molecule has 11 heteroatoms. The van der Waals surface area contributed by atoms with Crippen molar-refractivity contribution in [2.75, 3.05) is 26.0 Å². The summed E-state index contributed by atoms with van der Waals surface area (Å²) in [5.74, 6) is -0.187. The Hall–Kier alpha value is -3.25. The van der Waals surface area contributed by atoms with Gasteiger partial charge in [0.2, 0.25) is 20.0 Å². The van der Waals surface area contributed by atoms with Crippen LogP contribution in [0.2, 0.25) is 0 Å². The number of sulfonamides is 2. The number of carbonyl (C=O) groups is 1. The number of ether oxygens (including phenoxy) is 1. The van der Waals surface area contributed by atoms with Gasteiger partial charge in [0.05, 0.1) is 9.79 Å². The summed E-state index contributed by atoms with van der Waals surface area (Å²) in [7, 11) is -4.55. The molecule has 9 nitrogen and oxygen atoms in total. The van der Waals surface area contributed by atoms with Gasteiger partial charge < -0.3 is 10.1 Å². The Morgan fingerprint density at radius 2 is 1.53 bits per heavy atom. The van der Waals surface area contributed by atoms with Gasteiger partial charge in [-0.1, -0.05) is 36.4 Å². The van der Waals surface area contributed by atoms with Crippen LogP contribution in [0.3, 0.4) is 0 Å². The minimum absolute atomic E-state index is 0.0568. The lowest BCUT2D eigenvalue weighted by Crippen LogP contribution is -2.26. The van der Waals surface area contributed by atoms with Crippen LogP contribution in [-0.2, 0) is 24.8 Å². The zero-order valence-corrected chi connectivity index (χ0v) is 22.1. The highest BCUT2D eigenvalue weighted by atomic mass is 32.2. The first-order chi connectivity index (χ1) is 16.9. The van der Waals surface area contributed by atoms with E-state index in [0.717, 1.165) is 9.87 Å². The zero-order chi connectivity index (χ0) is 26.5. The highest BCUT2D eigenvalue weighted by molar-refractivity contribution is 7.89. The van der Waals surface area contributed by atoms with Crippen LogP contribution in [0.15, 0.2) is 82.6 Å². The molecular weight excluding hydrogens is 502 g/mol. The molecule has 0 saturated heterocycles. The molecule has 2 N–H and O–H groups in total. The second-order valence-corrected chi connectivity index (χ2v) is 12.2. The molecule has 0 aliphatic heterocycles. The number of benzene rings is 3. The number of nitrogens with zero attached hydrogens (tertiary/aromatic N) is 1. The zero-order valence-electron chi connectivity index (χ0n) is 20.4. The minimum Gasteiger partial charge on any atom is -0.484 e. The van der Waals surface area contributed by atoms with Crippen molar-refractivity contribution in [2.24, 2.45) is 0 Å². The molecule has 0 radical (unpaired) electrons. The van der Waals surface area contributed by atoms with E-state index in [4.69, 9.17) is 4.74 Å². The molecule has 0 aliphatic carbocycles. The summed E-state index contributed by atoms with van der Waals surface area (Å²) in [6.07, 6.45) is 0. The number of hydrogen-bond donors (Lipinski definition) is 2. The smallest absolute Gasteiger partial charge is 0.262 e. The van der Waals surface area contributed by atoms with Crippen molar-refractivity contribution < 1.29 is 26.4 Å². The minimum atomic E-state index is -3.76. The van der Waals surface area contributed by atoms with Gasteiger partial charge in [-0.2, -0.15) is 0 Å². The van der Waals surface area contributed by atoms with E-state index in [1.807, 2.05) is 30.3 Å². The Morgan fingerprint density at radius 3 is 2.14 bits per heavy atom. The van der Waals surface area contributed by atoms with Crippen LogP contribution in [0.25, 0.3) is 0 Å². The van der Waals surface area contributed by atoms with Crippen molar-refractivity contribution in [2.45, 2.75) is 29.7 Å². The molecule has 1 unspecified atom stereocenters. The van der Waals surface area contributed by atoms with Crippen LogP contribution in [0.5, 0.6) is 5.75 Å². The number of nitrogens with one attached hydrogen (secondary N) is 2. The maximum atomic E-state index is 12.7. The Balaban J connectivity index is 1.61. The molecule has 3 rings (SSSR count). The first-order valence-corrected chi connectivity index (χ1v) is 14.0. The van der Waals surface area contributed by atoms with Crippen molar-refractivity contribution in [3.05, 3.63) is 83.9 Å². The summed E-state index contributed by atoms with van der Waals surface area (Å²) in [6, 6.07) is 19.0. The standard InChI is InChI=1S/C25H29N3O6S2/c1-18-10-13-23(36(32,33)28(3)4)16-24(18)26-25(29)17-34-21-11-14-22(15-12-21)35(30,31)27-19(2)20-8-6-5-7-9-20/h5-16,19,27H,17H2,1-4H3,(H,26,29). The second kappa shape index (κ2) is 11.2. The van der Waals surface area contributed by atoms with E-state index in [9.17, 15) is 21.6 Å². The average molecular weight is 532 g/mol. The number of hydrogen-bond acceptors (Lipinski definition) is 6. The Labute approximate surface area is 212 Å². The number of aryl methyl sites for hydroxylation is 1. The van der Waals surface area contributed by atoms with E-state index in [2.05, 4.69) is 10.0 Å². The van der Waals surface area contributed by atoms with Crippen LogP contribution in [0, 0.1) is 6.92 Å². The van der Waals surface area contributed by atoms with Gasteiger partial charge in [0, 0.05) is 25.8 Å². The molecule has 3 aromatic carbocycles. The monoisotopic (exact) mass is 531 g/mol. The first-order valence-electron chi connectivity index (χ1n) is 11.0. The topological polar surface area (TPSA) is 122 Å². The quantitative estimate of drug-likeness (QED) is 0.414. The van der Waals surface area contributed by atoms with Crippen molar-refractivity contribution >= 4 is 31.6 Å². The largest absolute Gasteiger partial charge is 0.484 e. The average Bonchev–Trinajstić information content (AvgIpc) is 2.84. The summed E-state index contributed by atoms with van der Waals surface area (Å²) >= 11 is 0. The van der Waals surface area contributed by atoms with Crippen LogP contribution < -0.4 is 14.8 Å². The van der Waals surface area contributed by atoms with E-state index in [-0.39, 0.29) is 16.4 Å². The number of rotatable bonds is 10. The van der Waals surface area contributed by atoms with Crippen LogP contribution in [0.4, 0.5) is 5.69 Å². The Morgan fingerprint density at radius 1 is 0.917 bits per heavy atom. The summed E-state index contributed by atoms with van der Waals surface area (Å²) in [5, 5.41) is 2.65. The molecule has 0 saturated carbocycles. The Bertz CT molecular complexity index is 1420. The van der Waals surface area contributed by atoms with Gasteiger partial charge in [0.15, 0.2) is 6.61 Å². The molecule has 3 aromatic rings. The van der Waals surface area contributed by atoms with Crippen LogP contribution in [0.1, 0.15) is 24.1 Å². The predicted molar refractivity (Wildman–Crippen MR) is 138 cm³/mol. The molecule has 1 amide bonds. The molecule has 0 fully saturated rings. The first kappa shape index (κ1) is 27.3. The van der Waals surface area contributed by atoms with E-state index in [1.54, 1.807) is 19.9 Å². The molecule has 0 bridgehead atoms. The third kappa shape index (κ3) is 6.70. The third-order valence-corrected chi connectivity index (χ3v) is 8.76. The van der Waals surface area contributed by atoms with E-state index in [0.29, 0.717) is 17.0 Å². The molecular formula is C25H29N3O6S2. The lowest BCUT2D eigenvalue weighted by atomic mass is 10.1. The van der Waals surface area contributed by atoms with E-state index >= 15 is 0 Å². The fraction of sp³-hybridized carbons (Fsp3) is 0.240. The van der Waals surface area contributed by atoms with Gasteiger partial charge in [-0.05, 0) is 61.4 Å². The summed E-state index contributed by atoms with van der Waals surface area (Å²) < 4.78 is 59.3. The Kier molecular flexibility index (Phi) is 8.51. The van der Waals surface area contributed by atoms with Gasteiger partial charge >= 0.3 is 0 Å². The molecule has 1 atom stereocenters. The van der Waals surface area contributed by atoms with Gasteiger partial charge in [-0.3, -0.25) is 4.79 Å². The highest BCUT2D eigenvalue weighted by Gasteiger charge is 2.20. The molecule has 0 aromatic heterocycles. The van der Waals surface area contributed by atoms with Crippen LogP contribution >= 0.6 is 0 Å². The highest BCUT2D eigenvalue weighted by Crippen LogP contribution is 2.23. The lowest BCUT2D eigenvalue weighted by molar-refractivity contribution is -0.118. The number of anilines is 1.